The van der Waals surface area contributed by atoms with Crippen molar-refractivity contribution in [3.63, 3.8) is 0 Å². The summed E-state index contributed by atoms with van der Waals surface area (Å²) in [6.45, 7) is 7.25. The molecular formula is C11H18ClNOS. The molecule has 1 unspecified atom stereocenters. The number of thiophene rings is 1. The highest BCUT2D eigenvalue weighted by molar-refractivity contribution is 7.16. The second-order valence-corrected chi connectivity index (χ2v) is 6.12. The quantitative estimate of drug-likeness (QED) is 0.839. The zero-order valence-electron chi connectivity index (χ0n) is 9.38. The highest BCUT2D eigenvalue weighted by Gasteiger charge is 2.23. The molecule has 0 aliphatic heterocycles. The van der Waals surface area contributed by atoms with E-state index in [1.165, 1.54) is 4.88 Å². The van der Waals surface area contributed by atoms with Crippen LogP contribution in [-0.4, -0.2) is 17.3 Å². The van der Waals surface area contributed by atoms with Gasteiger partial charge in [-0.3, -0.25) is 0 Å². The van der Waals surface area contributed by atoms with Crippen molar-refractivity contribution in [3.8, 4) is 0 Å². The van der Waals surface area contributed by atoms with Crippen molar-refractivity contribution in [1.82, 2.24) is 5.32 Å². The number of nitrogens with one attached hydrogen (secondary N) is 1. The Hall–Kier alpha value is -0.0900. The highest BCUT2D eigenvalue weighted by atomic mass is 35.5. The molecule has 15 heavy (non-hydrogen) atoms. The van der Waals surface area contributed by atoms with Crippen molar-refractivity contribution >= 4 is 22.9 Å². The van der Waals surface area contributed by atoms with Crippen LogP contribution in [0.5, 0.6) is 0 Å². The first-order chi connectivity index (χ1) is 6.92. The van der Waals surface area contributed by atoms with Crippen LogP contribution in [0.25, 0.3) is 0 Å². The van der Waals surface area contributed by atoms with E-state index >= 15 is 0 Å². The fourth-order valence-electron chi connectivity index (χ4n) is 1.09. The molecule has 4 heteroatoms. The van der Waals surface area contributed by atoms with Crippen LogP contribution in [0.1, 0.15) is 25.6 Å². The van der Waals surface area contributed by atoms with Gasteiger partial charge >= 0.3 is 0 Å². The van der Waals surface area contributed by atoms with Crippen LogP contribution < -0.4 is 5.32 Å². The van der Waals surface area contributed by atoms with Crippen molar-refractivity contribution in [2.24, 2.45) is 5.92 Å². The van der Waals surface area contributed by atoms with Gasteiger partial charge in [0.25, 0.3) is 0 Å². The van der Waals surface area contributed by atoms with Gasteiger partial charge in [-0.25, -0.2) is 0 Å². The van der Waals surface area contributed by atoms with Crippen LogP contribution in [0, 0.1) is 5.92 Å². The molecule has 2 N–H and O–H groups in total. The summed E-state index contributed by atoms with van der Waals surface area (Å²) >= 11 is 7.39. The molecule has 0 fully saturated rings. The third kappa shape index (κ3) is 4.11. The normalized spacial score (nSPS) is 15.6. The van der Waals surface area contributed by atoms with Crippen LogP contribution >= 0.6 is 22.9 Å². The first-order valence-electron chi connectivity index (χ1n) is 5.09. The van der Waals surface area contributed by atoms with E-state index in [1.807, 2.05) is 32.9 Å². The van der Waals surface area contributed by atoms with Gasteiger partial charge in [0, 0.05) is 18.0 Å². The van der Waals surface area contributed by atoms with E-state index in [0.29, 0.717) is 6.54 Å². The maximum atomic E-state index is 9.99. The molecule has 1 rings (SSSR count). The van der Waals surface area contributed by atoms with Crippen molar-refractivity contribution in [2.45, 2.75) is 32.9 Å². The van der Waals surface area contributed by atoms with Crippen LogP contribution in [0.4, 0.5) is 0 Å². The highest BCUT2D eigenvalue weighted by Crippen LogP contribution is 2.21. The third-order valence-electron chi connectivity index (χ3n) is 2.65. The molecule has 0 amide bonds. The molecule has 0 aliphatic rings. The van der Waals surface area contributed by atoms with E-state index in [2.05, 4.69) is 5.32 Å². The number of aliphatic hydroxyl groups is 1. The average Bonchev–Trinajstić information content (AvgIpc) is 2.51. The molecule has 0 bridgehead atoms. The van der Waals surface area contributed by atoms with Gasteiger partial charge in [0.1, 0.15) is 0 Å². The first kappa shape index (κ1) is 13.0. The summed E-state index contributed by atoms with van der Waals surface area (Å²) < 4.78 is 0.808. The fraction of sp³-hybridized carbons (Fsp3) is 0.636. The summed E-state index contributed by atoms with van der Waals surface area (Å²) in [6, 6.07) is 3.90. The Kier molecular flexibility index (Phi) is 4.59. The predicted molar refractivity (Wildman–Crippen MR) is 66.5 cm³/mol. The Morgan fingerprint density at radius 3 is 2.67 bits per heavy atom. The third-order valence-corrected chi connectivity index (χ3v) is 3.89. The molecule has 0 aliphatic carbocycles. The molecule has 0 saturated heterocycles. The van der Waals surface area contributed by atoms with Crippen molar-refractivity contribution in [2.75, 3.05) is 6.54 Å². The molecule has 0 radical (unpaired) electrons. The lowest BCUT2D eigenvalue weighted by atomic mass is 9.93. The summed E-state index contributed by atoms with van der Waals surface area (Å²) in [6.07, 6.45) is 0. The molecule has 1 heterocycles. The average molecular weight is 248 g/mol. The van der Waals surface area contributed by atoms with Gasteiger partial charge in [-0.05, 0) is 25.0 Å². The molecule has 1 aromatic rings. The minimum atomic E-state index is -0.652. The largest absolute Gasteiger partial charge is 0.389 e. The topological polar surface area (TPSA) is 32.3 Å². The Morgan fingerprint density at radius 2 is 2.20 bits per heavy atom. The number of hydrogen-bond acceptors (Lipinski definition) is 3. The smallest absolute Gasteiger partial charge is 0.0931 e. The number of halogens is 1. The zero-order valence-corrected chi connectivity index (χ0v) is 11.0. The van der Waals surface area contributed by atoms with Gasteiger partial charge in [-0.1, -0.05) is 25.4 Å². The van der Waals surface area contributed by atoms with E-state index in [9.17, 15) is 5.11 Å². The van der Waals surface area contributed by atoms with Crippen LogP contribution in [0.2, 0.25) is 4.34 Å². The molecule has 1 aromatic heterocycles. The summed E-state index contributed by atoms with van der Waals surface area (Å²) in [5, 5.41) is 13.2. The van der Waals surface area contributed by atoms with Crippen LogP contribution in [0.3, 0.4) is 0 Å². The lowest BCUT2D eigenvalue weighted by Crippen LogP contribution is -2.41. The van der Waals surface area contributed by atoms with Crippen molar-refractivity contribution in [3.05, 3.63) is 21.3 Å². The molecule has 1 atom stereocenters. The molecule has 0 saturated carbocycles. The zero-order chi connectivity index (χ0) is 11.5. The van der Waals surface area contributed by atoms with Gasteiger partial charge in [0.2, 0.25) is 0 Å². The van der Waals surface area contributed by atoms with E-state index < -0.39 is 5.60 Å². The van der Waals surface area contributed by atoms with Gasteiger partial charge in [0.05, 0.1) is 9.94 Å². The Labute approximate surface area is 100 Å². The SMILES string of the molecule is CC(C)C(C)(O)CNCc1ccc(Cl)s1. The predicted octanol–water partition coefficient (Wildman–Crippen LogP) is 2.90. The van der Waals surface area contributed by atoms with Crippen molar-refractivity contribution in [1.29, 1.82) is 0 Å². The Morgan fingerprint density at radius 1 is 1.53 bits per heavy atom. The van der Waals surface area contributed by atoms with Crippen molar-refractivity contribution < 1.29 is 5.11 Å². The second kappa shape index (κ2) is 5.30. The lowest BCUT2D eigenvalue weighted by Gasteiger charge is -2.27. The first-order valence-corrected chi connectivity index (χ1v) is 6.28. The van der Waals surface area contributed by atoms with Gasteiger partial charge in [-0.2, -0.15) is 0 Å². The molecular weight excluding hydrogens is 230 g/mol. The van der Waals surface area contributed by atoms with E-state index in [0.717, 1.165) is 10.9 Å². The second-order valence-electron chi connectivity index (χ2n) is 4.32. The lowest BCUT2D eigenvalue weighted by molar-refractivity contribution is 0.0140. The molecule has 0 spiro atoms. The Balaban J connectivity index is 2.33. The maximum absolute atomic E-state index is 9.99. The number of rotatable bonds is 5. The van der Waals surface area contributed by atoms with Gasteiger partial charge in [-0.15, -0.1) is 11.3 Å². The summed E-state index contributed by atoms with van der Waals surface area (Å²) in [7, 11) is 0. The van der Waals surface area contributed by atoms with Crippen LogP contribution in [-0.2, 0) is 6.54 Å². The van der Waals surface area contributed by atoms with E-state index in [1.54, 1.807) is 11.3 Å². The minimum absolute atomic E-state index is 0.247. The minimum Gasteiger partial charge on any atom is -0.389 e. The molecule has 2 nitrogen and oxygen atoms in total. The Bertz CT molecular complexity index is 309. The van der Waals surface area contributed by atoms with E-state index in [4.69, 9.17) is 11.6 Å². The van der Waals surface area contributed by atoms with Gasteiger partial charge in [0.15, 0.2) is 0 Å². The standard InChI is InChI=1S/C11H18ClNOS/c1-8(2)11(3,14)7-13-6-9-4-5-10(12)15-9/h4-5,8,13-14H,6-7H2,1-3H3. The summed E-state index contributed by atoms with van der Waals surface area (Å²) in [4.78, 5) is 1.19. The van der Waals surface area contributed by atoms with Gasteiger partial charge < -0.3 is 10.4 Å². The fourth-order valence-corrected chi connectivity index (χ4v) is 2.15. The van der Waals surface area contributed by atoms with E-state index in [-0.39, 0.29) is 5.92 Å². The van der Waals surface area contributed by atoms with Crippen LogP contribution in [0.15, 0.2) is 12.1 Å². The maximum Gasteiger partial charge on any atom is 0.0931 e. The summed E-state index contributed by atoms with van der Waals surface area (Å²) in [5.41, 5.74) is -0.652. The monoisotopic (exact) mass is 247 g/mol. The molecule has 86 valence electrons. The molecule has 0 aromatic carbocycles. The number of hydrogen-bond donors (Lipinski definition) is 2. The summed E-state index contributed by atoms with van der Waals surface area (Å²) in [5.74, 6) is 0.247.